The van der Waals surface area contributed by atoms with E-state index in [1.54, 1.807) is 23.7 Å². The van der Waals surface area contributed by atoms with Crippen LogP contribution in [0.25, 0.3) is 0 Å². The van der Waals surface area contributed by atoms with E-state index in [2.05, 4.69) is 5.10 Å². The largest absolute Gasteiger partial charge is 0.502 e. The fraction of sp³-hybridized carbons (Fsp3) is 0.818. The van der Waals surface area contributed by atoms with Crippen LogP contribution in [0, 0.1) is 0 Å². The summed E-state index contributed by atoms with van der Waals surface area (Å²) in [4.78, 5) is 14.1. The molecule has 2 rings (SSSR count). The molecule has 2 heterocycles. The Labute approximate surface area is 192 Å². The number of amides is 1. The van der Waals surface area contributed by atoms with Crippen LogP contribution in [0.3, 0.4) is 0 Å². The van der Waals surface area contributed by atoms with E-state index in [1.165, 1.54) is 0 Å². The Kier molecular flexibility index (Phi) is 7.95. The van der Waals surface area contributed by atoms with Crippen molar-refractivity contribution in [2.45, 2.75) is 91.8 Å². The Morgan fingerprint density at radius 1 is 1.22 bits per heavy atom. The average molecular weight is 453 g/mol. The normalized spacial score (nSPS) is 18.5. The van der Waals surface area contributed by atoms with Crippen LogP contribution in [0.1, 0.15) is 68.0 Å². The second kappa shape index (κ2) is 9.61. The van der Waals surface area contributed by atoms with Crippen molar-refractivity contribution in [3.05, 3.63) is 5.69 Å². The summed E-state index contributed by atoms with van der Waals surface area (Å²) in [5.41, 5.74) is -0.168. The zero-order valence-electron chi connectivity index (χ0n) is 21.6. The molecule has 1 aromatic heterocycles. The Morgan fingerprint density at radius 2 is 1.78 bits per heavy atom. The van der Waals surface area contributed by atoms with Gasteiger partial charge in [-0.3, -0.25) is 0 Å². The first-order valence-corrected chi connectivity index (χ1v) is 11.2. The number of methoxy groups -OCH3 is 1. The molecule has 1 fully saturated rings. The number of carbonyl (C=O) groups excluding carboxylic acids is 1. The summed E-state index contributed by atoms with van der Waals surface area (Å²) < 4.78 is 31.4. The molecule has 0 unspecified atom stereocenters. The predicted molar refractivity (Wildman–Crippen MR) is 123 cm³/mol. The quantitative estimate of drug-likeness (QED) is 0.560. The summed E-state index contributed by atoms with van der Waals surface area (Å²) in [7, 11) is 2.78. The Bertz CT molecular complexity index is 786. The maximum absolute atomic E-state index is 12.5. The van der Waals surface area contributed by atoms with Crippen molar-refractivity contribution in [1.29, 1.82) is 0 Å². The van der Waals surface area contributed by atoms with E-state index in [0.29, 0.717) is 36.7 Å². The van der Waals surface area contributed by atoms with Crippen LogP contribution in [0.4, 0.5) is 4.79 Å². The average Bonchev–Trinajstić information content (AvgIpc) is 3.03. The molecule has 0 spiro atoms. The first kappa shape index (κ1) is 26.5. The minimum absolute atomic E-state index is 0.296. The molecule has 1 aliphatic rings. The smallest absolute Gasteiger partial charge is 0.473 e. The zero-order valence-corrected chi connectivity index (χ0v) is 21.6. The van der Waals surface area contributed by atoms with E-state index in [1.807, 2.05) is 62.3 Å². The monoisotopic (exact) mass is 453 g/mol. The number of likely N-dealkylation sites (N-methyl/N-ethyl adjacent to an activating group) is 1. The molecule has 0 radical (unpaired) electrons. The van der Waals surface area contributed by atoms with Crippen LogP contribution in [0.15, 0.2) is 0 Å². The lowest BCUT2D eigenvalue weighted by molar-refractivity contribution is 0.00578. The van der Waals surface area contributed by atoms with Gasteiger partial charge in [0, 0.05) is 20.7 Å². The third-order valence-corrected chi connectivity index (χ3v) is 5.70. The SMILES string of the molecule is CCN(C[C@H](C)Oc1c(B2OC(C)(C)C(C)(C)O2)c(COC)nn1C)C(=O)OC(C)(C)C. The molecule has 0 saturated carbocycles. The van der Waals surface area contributed by atoms with Crippen LogP contribution in [0.5, 0.6) is 5.88 Å². The number of nitrogens with zero attached hydrogens (tertiary/aromatic N) is 3. The van der Waals surface area contributed by atoms with Crippen LogP contribution in [0.2, 0.25) is 0 Å². The molecule has 1 aromatic rings. The van der Waals surface area contributed by atoms with E-state index in [0.717, 1.165) is 0 Å². The molecule has 0 N–H and O–H groups in total. The number of hydrogen-bond donors (Lipinski definition) is 0. The molecule has 182 valence electrons. The van der Waals surface area contributed by atoms with Gasteiger partial charge in [0.15, 0.2) is 0 Å². The first-order valence-electron chi connectivity index (χ1n) is 11.2. The summed E-state index contributed by atoms with van der Waals surface area (Å²) in [6, 6.07) is 0. The molecule has 1 atom stereocenters. The summed E-state index contributed by atoms with van der Waals surface area (Å²) in [5.74, 6) is 0.531. The van der Waals surface area contributed by atoms with E-state index >= 15 is 0 Å². The highest BCUT2D eigenvalue weighted by molar-refractivity contribution is 6.63. The Hall–Kier alpha value is -1.78. The van der Waals surface area contributed by atoms with Crippen molar-refractivity contribution in [3.8, 4) is 5.88 Å². The van der Waals surface area contributed by atoms with Gasteiger partial charge in [0.2, 0.25) is 5.88 Å². The molecule has 1 amide bonds. The highest BCUT2D eigenvalue weighted by Crippen LogP contribution is 2.37. The minimum atomic E-state index is -0.644. The van der Waals surface area contributed by atoms with Crippen LogP contribution in [-0.2, 0) is 32.4 Å². The summed E-state index contributed by atoms with van der Waals surface area (Å²) >= 11 is 0. The van der Waals surface area contributed by atoms with Crippen molar-refractivity contribution in [1.82, 2.24) is 14.7 Å². The van der Waals surface area contributed by atoms with E-state index in [9.17, 15) is 4.79 Å². The van der Waals surface area contributed by atoms with Gasteiger partial charge in [-0.2, -0.15) is 5.10 Å². The van der Waals surface area contributed by atoms with Crippen LogP contribution in [-0.4, -0.2) is 71.0 Å². The number of aryl methyl sites for hydroxylation is 1. The van der Waals surface area contributed by atoms with Crippen molar-refractivity contribution < 1.29 is 28.3 Å². The molecule has 0 bridgehead atoms. The maximum atomic E-state index is 12.5. The van der Waals surface area contributed by atoms with Gasteiger partial charge >= 0.3 is 13.2 Å². The van der Waals surface area contributed by atoms with Crippen molar-refractivity contribution in [3.63, 3.8) is 0 Å². The van der Waals surface area contributed by atoms with Gasteiger partial charge in [-0.05, 0) is 62.3 Å². The Morgan fingerprint density at radius 3 is 2.25 bits per heavy atom. The summed E-state index contributed by atoms with van der Waals surface area (Å²) in [6.07, 6.45) is -0.693. The fourth-order valence-electron chi connectivity index (χ4n) is 3.36. The summed E-state index contributed by atoms with van der Waals surface area (Å²) in [5, 5.41) is 4.58. The Balaban J connectivity index is 2.27. The first-order chi connectivity index (χ1) is 14.6. The standard InChI is InChI=1S/C22H40BN3O6/c1-12-26(19(27)30-20(3,4)5)13-15(2)29-18-17(16(14-28-11)24-25(18)10)23-31-21(6,7)22(8,9)32-23/h15H,12-14H2,1-11H3/t15-/m0/s1. The van der Waals surface area contributed by atoms with Crippen molar-refractivity contribution in [2.24, 2.45) is 7.05 Å². The number of rotatable bonds is 8. The van der Waals surface area contributed by atoms with E-state index in [-0.39, 0.29) is 12.2 Å². The van der Waals surface area contributed by atoms with Gasteiger partial charge in [0.05, 0.1) is 35.5 Å². The number of aromatic nitrogens is 2. The van der Waals surface area contributed by atoms with Gasteiger partial charge in [0.25, 0.3) is 0 Å². The molecular formula is C22H40BN3O6. The van der Waals surface area contributed by atoms with Gasteiger partial charge in [-0.15, -0.1) is 0 Å². The molecule has 10 heteroatoms. The number of ether oxygens (including phenoxy) is 3. The lowest BCUT2D eigenvalue weighted by Crippen LogP contribution is -2.43. The number of carbonyl (C=O) groups is 1. The lowest BCUT2D eigenvalue weighted by Gasteiger charge is -2.32. The van der Waals surface area contributed by atoms with E-state index < -0.39 is 23.9 Å². The van der Waals surface area contributed by atoms with Crippen LogP contribution < -0.4 is 10.2 Å². The summed E-state index contributed by atoms with van der Waals surface area (Å²) in [6.45, 7) is 18.5. The highest BCUT2D eigenvalue weighted by Gasteiger charge is 2.54. The minimum Gasteiger partial charge on any atom is -0.473 e. The topological polar surface area (TPSA) is 84.3 Å². The molecule has 9 nitrogen and oxygen atoms in total. The third kappa shape index (κ3) is 5.96. The second-order valence-corrected chi connectivity index (χ2v) is 10.3. The number of hydrogen-bond acceptors (Lipinski definition) is 7. The van der Waals surface area contributed by atoms with Gasteiger partial charge in [-0.1, -0.05) is 0 Å². The van der Waals surface area contributed by atoms with Crippen LogP contribution >= 0.6 is 0 Å². The highest BCUT2D eigenvalue weighted by atomic mass is 16.7. The molecular weight excluding hydrogens is 413 g/mol. The maximum Gasteiger partial charge on any atom is 0.502 e. The third-order valence-electron chi connectivity index (χ3n) is 5.70. The van der Waals surface area contributed by atoms with Gasteiger partial charge in [0.1, 0.15) is 11.7 Å². The van der Waals surface area contributed by atoms with Crippen molar-refractivity contribution >= 4 is 18.7 Å². The molecule has 1 aliphatic heterocycles. The zero-order chi connectivity index (χ0) is 24.5. The van der Waals surface area contributed by atoms with Crippen molar-refractivity contribution in [2.75, 3.05) is 20.2 Å². The fourth-order valence-corrected chi connectivity index (χ4v) is 3.36. The van der Waals surface area contributed by atoms with Gasteiger partial charge < -0.3 is 28.4 Å². The lowest BCUT2D eigenvalue weighted by atomic mass is 9.78. The van der Waals surface area contributed by atoms with E-state index in [4.69, 9.17) is 23.5 Å². The second-order valence-electron chi connectivity index (χ2n) is 10.3. The van der Waals surface area contributed by atoms with Gasteiger partial charge in [-0.25, -0.2) is 9.48 Å². The molecule has 1 saturated heterocycles. The molecule has 0 aromatic carbocycles. The molecule has 0 aliphatic carbocycles. The molecule has 32 heavy (non-hydrogen) atoms. The predicted octanol–water partition coefficient (Wildman–Crippen LogP) is 2.89.